The van der Waals surface area contributed by atoms with Gasteiger partial charge in [-0.1, -0.05) is 27.7 Å². The Hall–Kier alpha value is 0.100. The fourth-order valence-electron chi connectivity index (χ4n) is 3.17. The van der Waals surface area contributed by atoms with Gasteiger partial charge in [0.05, 0.1) is 0 Å². The second-order valence-electron chi connectivity index (χ2n) is 4.99. The van der Waals surface area contributed by atoms with Crippen LogP contribution in [0.15, 0.2) is 15.9 Å². The molecule has 0 bridgehead atoms. The van der Waals surface area contributed by atoms with Crippen LogP contribution in [0.2, 0.25) is 0 Å². The number of hydrogen-bond acceptors (Lipinski definition) is 3. The Kier molecular flexibility index (Phi) is 7.01. The van der Waals surface area contributed by atoms with Gasteiger partial charge < -0.3 is 5.73 Å². The molecular weight excluding hydrogens is 320 g/mol. The molecule has 2 nitrogen and oxygen atoms in total. The van der Waals surface area contributed by atoms with Crippen LogP contribution in [0.1, 0.15) is 45.4 Å². The zero-order valence-corrected chi connectivity index (χ0v) is 15.0. The van der Waals surface area contributed by atoms with E-state index in [1.54, 1.807) is 11.3 Å². The summed E-state index contributed by atoms with van der Waals surface area (Å²) in [7, 11) is 0. The van der Waals surface area contributed by atoms with Crippen LogP contribution >= 0.6 is 27.3 Å². The van der Waals surface area contributed by atoms with E-state index < -0.39 is 0 Å². The predicted octanol–water partition coefficient (Wildman–Crippen LogP) is 4.28. The van der Waals surface area contributed by atoms with Gasteiger partial charge in [-0.15, -0.1) is 11.3 Å². The highest BCUT2D eigenvalue weighted by Gasteiger charge is 2.38. The highest BCUT2D eigenvalue weighted by atomic mass is 79.9. The molecule has 0 saturated carbocycles. The molecule has 1 atom stereocenters. The van der Waals surface area contributed by atoms with E-state index in [0.717, 1.165) is 32.4 Å². The lowest BCUT2D eigenvalue weighted by molar-refractivity contribution is 0.0630. The summed E-state index contributed by atoms with van der Waals surface area (Å²) in [5.74, 6) is 0. The lowest BCUT2D eigenvalue weighted by atomic mass is 9.81. The summed E-state index contributed by atoms with van der Waals surface area (Å²) < 4.78 is 1.20. The number of likely N-dealkylation sites (N-methyl/N-ethyl adjacent to an activating group) is 1. The van der Waals surface area contributed by atoms with Crippen molar-refractivity contribution < 1.29 is 0 Å². The molecule has 0 radical (unpaired) electrons. The first-order valence-corrected chi connectivity index (χ1v) is 8.95. The van der Waals surface area contributed by atoms with Gasteiger partial charge in [-0.2, -0.15) is 0 Å². The summed E-state index contributed by atoms with van der Waals surface area (Å²) in [5, 5.41) is 2.13. The standard InChI is InChI=1S/C15H27BrN2S/c1-5-15(6-2,18(7-3)8-4)14(17)11-13-12(16)9-10-19-13/h9-10,14H,5-8,11,17H2,1-4H3. The molecule has 0 aromatic carbocycles. The van der Waals surface area contributed by atoms with E-state index in [1.807, 2.05) is 0 Å². The molecule has 19 heavy (non-hydrogen) atoms. The van der Waals surface area contributed by atoms with Gasteiger partial charge in [-0.25, -0.2) is 0 Å². The van der Waals surface area contributed by atoms with E-state index in [1.165, 1.54) is 9.35 Å². The fourth-order valence-corrected chi connectivity index (χ4v) is 4.74. The first kappa shape index (κ1) is 17.2. The van der Waals surface area contributed by atoms with E-state index in [2.05, 4.69) is 60.0 Å². The number of hydrogen-bond donors (Lipinski definition) is 1. The largest absolute Gasteiger partial charge is 0.326 e. The maximum absolute atomic E-state index is 6.63. The Labute approximate surface area is 130 Å². The Morgan fingerprint density at radius 1 is 1.26 bits per heavy atom. The molecule has 0 saturated heterocycles. The molecule has 1 unspecified atom stereocenters. The van der Waals surface area contributed by atoms with Gasteiger partial charge in [0.15, 0.2) is 0 Å². The molecule has 0 fully saturated rings. The number of halogens is 1. The number of rotatable bonds is 8. The lowest BCUT2D eigenvalue weighted by Gasteiger charge is -2.46. The SMILES string of the molecule is CCN(CC)C(CC)(CC)C(N)Cc1sccc1Br. The summed E-state index contributed by atoms with van der Waals surface area (Å²) in [4.78, 5) is 3.91. The molecule has 4 heteroatoms. The van der Waals surface area contributed by atoms with Crippen LogP contribution in [0.3, 0.4) is 0 Å². The van der Waals surface area contributed by atoms with Crippen LogP contribution in [0.4, 0.5) is 0 Å². The van der Waals surface area contributed by atoms with Crippen molar-refractivity contribution >= 4 is 27.3 Å². The summed E-state index contributed by atoms with van der Waals surface area (Å²) in [5.41, 5.74) is 6.75. The van der Waals surface area contributed by atoms with E-state index in [9.17, 15) is 0 Å². The molecule has 0 aliphatic heterocycles. The van der Waals surface area contributed by atoms with Gasteiger partial charge in [0, 0.05) is 20.9 Å². The van der Waals surface area contributed by atoms with Crippen molar-refractivity contribution in [2.75, 3.05) is 13.1 Å². The van der Waals surface area contributed by atoms with Crippen molar-refractivity contribution in [3.05, 3.63) is 20.8 Å². The van der Waals surface area contributed by atoms with Gasteiger partial charge in [-0.3, -0.25) is 4.90 Å². The van der Waals surface area contributed by atoms with E-state index in [0.29, 0.717) is 0 Å². The second kappa shape index (κ2) is 7.77. The van der Waals surface area contributed by atoms with Crippen LogP contribution < -0.4 is 5.73 Å². The lowest BCUT2D eigenvalue weighted by Crippen LogP contribution is -2.60. The number of thiophene rings is 1. The maximum atomic E-state index is 6.63. The van der Waals surface area contributed by atoms with Crippen molar-refractivity contribution in [1.29, 1.82) is 0 Å². The van der Waals surface area contributed by atoms with Crippen molar-refractivity contribution in [2.45, 2.75) is 58.5 Å². The van der Waals surface area contributed by atoms with Gasteiger partial charge in [0.25, 0.3) is 0 Å². The summed E-state index contributed by atoms with van der Waals surface area (Å²) in [6.45, 7) is 11.1. The predicted molar refractivity (Wildman–Crippen MR) is 89.9 cm³/mol. The minimum Gasteiger partial charge on any atom is -0.326 e. The van der Waals surface area contributed by atoms with Gasteiger partial charge in [0.1, 0.15) is 0 Å². The first-order chi connectivity index (χ1) is 9.05. The van der Waals surface area contributed by atoms with E-state index in [-0.39, 0.29) is 11.6 Å². The van der Waals surface area contributed by atoms with Crippen molar-refractivity contribution in [1.82, 2.24) is 4.90 Å². The molecule has 110 valence electrons. The molecule has 0 amide bonds. The molecular formula is C15H27BrN2S. The highest BCUT2D eigenvalue weighted by Crippen LogP contribution is 2.32. The summed E-state index contributed by atoms with van der Waals surface area (Å²) in [6, 6.07) is 2.29. The third-order valence-electron chi connectivity index (χ3n) is 4.40. The van der Waals surface area contributed by atoms with Gasteiger partial charge in [0.2, 0.25) is 0 Å². The average Bonchev–Trinajstić information content (AvgIpc) is 2.81. The Morgan fingerprint density at radius 2 is 1.84 bits per heavy atom. The van der Waals surface area contributed by atoms with Crippen molar-refractivity contribution in [3.63, 3.8) is 0 Å². The van der Waals surface area contributed by atoms with Crippen molar-refractivity contribution in [3.8, 4) is 0 Å². The molecule has 0 aliphatic carbocycles. The summed E-state index contributed by atoms with van der Waals surface area (Å²) >= 11 is 5.41. The molecule has 1 aromatic heterocycles. The smallest absolute Gasteiger partial charge is 0.0358 e. The van der Waals surface area contributed by atoms with Crippen LogP contribution in [0, 0.1) is 0 Å². The molecule has 1 rings (SSSR count). The molecule has 0 aliphatic rings. The molecule has 1 aromatic rings. The normalized spacial score (nSPS) is 14.1. The maximum Gasteiger partial charge on any atom is 0.0358 e. The minimum atomic E-state index is 0.118. The van der Waals surface area contributed by atoms with Crippen LogP contribution in [-0.4, -0.2) is 29.6 Å². The fraction of sp³-hybridized carbons (Fsp3) is 0.733. The van der Waals surface area contributed by atoms with Crippen LogP contribution in [0.5, 0.6) is 0 Å². The Morgan fingerprint density at radius 3 is 2.21 bits per heavy atom. The zero-order valence-electron chi connectivity index (χ0n) is 12.6. The molecule has 2 N–H and O–H groups in total. The number of nitrogens with zero attached hydrogens (tertiary/aromatic N) is 1. The van der Waals surface area contributed by atoms with Gasteiger partial charge >= 0.3 is 0 Å². The quantitative estimate of drug-likeness (QED) is 0.760. The highest BCUT2D eigenvalue weighted by molar-refractivity contribution is 9.10. The third-order valence-corrected chi connectivity index (χ3v) is 6.35. The zero-order chi connectivity index (χ0) is 14.5. The van der Waals surface area contributed by atoms with E-state index >= 15 is 0 Å². The third kappa shape index (κ3) is 3.60. The van der Waals surface area contributed by atoms with Crippen molar-refractivity contribution in [2.24, 2.45) is 5.73 Å². The second-order valence-corrected chi connectivity index (χ2v) is 6.84. The Bertz CT molecular complexity index is 370. The first-order valence-electron chi connectivity index (χ1n) is 7.28. The number of nitrogens with two attached hydrogens (primary N) is 1. The van der Waals surface area contributed by atoms with E-state index in [4.69, 9.17) is 5.73 Å². The molecule has 0 spiro atoms. The monoisotopic (exact) mass is 346 g/mol. The average molecular weight is 347 g/mol. The Balaban J connectivity index is 2.95. The van der Waals surface area contributed by atoms with Crippen LogP contribution in [-0.2, 0) is 6.42 Å². The van der Waals surface area contributed by atoms with Crippen LogP contribution in [0.25, 0.3) is 0 Å². The molecule has 1 heterocycles. The minimum absolute atomic E-state index is 0.118. The van der Waals surface area contributed by atoms with Gasteiger partial charge in [-0.05, 0) is 59.7 Å². The topological polar surface area (TPSA) is 29.3 Å². The summed E-state index contributed by atoms with van der Waals surface area (Å²) in [6.07, 6.45) is 3.17.